The van der Waals surface area contributed by atoms with Crippen LogP contribution in [0.15, 0.2) is 54.7 Å². The van der Waals surface area contributed by atoms with Crippen molar-refractivity contribution in [3.05, 3.63) is 71.5 Å². The first-order valence-corrected chi connectivity index (χ1v) is 25.6. The lowest BCUT2D eigenvalue weighted by molar-refractivity contribution is -0.155. The van der Waals surface area contributed by atoms with Crippen molar-refractivity contribution in [3.63, 3.8) is 0 Å². The quantitative estimate of drug-likeness (QED) is 0.143. The number of ether oxygens (including phenoxy) is 2. The Bertz CT molecular complexity index is 2630. The van der Waals surface area contributed by atoms with Crippen LogP contribution >= 0.6 is 0 Å². The first-order valence-electron chi connectivity index (χ1n) is 23.7. The Kier molecular flexibility index (Phi) is 14.0. The van der Waals surface area contributed by atoms with Gasteiger partial charge in [-0.25, -0.2) is 14.4 Å². The van der Waals surface area contributed by atoms with E-state index in [9.17, 15) is 28.5 Å². The molecular weight excluding hydrogens is 873 g/mol. The van der Waals surface area contributed by atoms with Crippen LogP contribution in [0.2, 0.25) is 0 Å². The summed E-state index contributed by atoms with van der Waals surface area (Å²) in [5.74, 6) is -1.44. The van der Waals surface area contributed by atoms with Gasteiger partial charge in [-0.2, -0.15) is 0 Å². The van der Waals surface area contributed by atoms with E-state index in [-0.39, 0.29) is 68.0 Å². The molecule has 4 aromatic rings. The van der Waals surface area contributed by atoms with Gasteiger partial charge in [0, 0.05) is 96.1 Å². The highest BCUT2D eigenvalue weighted by atomic mass is 32.2. The molecule has 67 heavy (non-hydrogen) atoms. The van der Waals surface area contributed by atoms with Crippen LogP contribution in [0, 0.1) is 16.1 Å². The molecule has 3 fully saturated rings. The van der Waals surface area contributed by atoms with E-state index in [1.54, 1.807) is 37.4 Å². The van der Waals surface area contributed by atoms with E-state index in [1.165, 1.54) is 9.91 Å². The molecule has 1 saturated carbocycles. The number of aromatic hydroxyl groups is 1. The fourth-order valence-electron chi connectivity index (χ4n) is 10.6. The Balaban J connectivity index is 1.21. The number of fused-ring (bicyclic) bond motifs is 6. The number of aryl methyl sites for hydroxylation is 1. The molecule has 1 aliphatic carbocycles. The third-order valence-electron chi connectivity index (χ3n) is 14.2. The predicted molar refractivity (Wildman–Crippen MR) is 256 cm³/mol. The van der Waals surface area contributed by atoms with Crippen LogP contribution in [0.25, 0.3) is 33.3 Å². The maximum Gasteiger partial charge on any atom is 0.324 e. The van der Waals surface area contributed by atoms with Crippen LogP contribution in [0.1, 0.15) is 89.1 Å². The van der Waals surface area contributed by atoms with Crippen LogP contribution in [-0.2, 0) is 53.0 Å². The van der Waals surface area contributed by atoms with Gasteiger partial charge in [0.25, 0.3) is 5.91 Å². The van der Waals surface area contributed by atoms with E-state index < -0.39 is 51.1 Å². The molecular formula is C50H66N8O8S. The highest BCUT2D eigenvalue weighted by molar-refractivity contribution is 7.92. The fourth-order valence-corrected chi connectivity index (χ4v) is 11.8. The number of pyridine rings is 1. The smallest absolute Gasteiger partial charge is 0.324 e. The molecule has 1 unspecified atom stereocenters. The van der Waals surface area contributed by atoms with Gasteiger partial charge in [0.1, 0.15) is 23.9 Å². The van der Waals surface area contributed by atoms with Crippen molar-refractivity contribution in [2.45, 2.75) is 110 Å². The van der Waals surface area contributed by atoms with E-state index in [1.807, 2.05) is 25.1 Å². The molecule has 4 amide bonds. The predicted octanol–water partition coefficient (Wildman–Crippen LogP) is 6.42. The summed E-state index contributed by atoms with van der Waals surface area (Å²) in [6.07, 6.45) is 6.23. The van der Waals surface area contributed by atoms with Gasteiger partial charge in [0.05, 0.1) is 24.1 Å². The van der Waals surface area contributed by atoms with E-state index in [2.05, 4.69) is 54.3 Å². The maximum atomic E-state index is 14.8. The minimum absolute atomic E-state index is 0.00217. The Labute approximate surface area is 393 Å². The number of methoxy groups -OCH3 is 1. The second-order valence-electron chi connectivity index (χ2n) is 19.6. The average Bonchev–Trinajstić information content (AvgIpc) is 3.95. The average molecular weight is 939 g/mol. The molecule has 6 bridgehead atoms. The third kappa shape index (κ3) is 10.2. The van der Waals surface area contributed by atoms with Gasteiger partial charge in [0.2, 0.25) is 5.91 Å². The zero-order chi connectivity index (χ0) is 47.8. The van der Waals surface area contributed by atoms with Crippen LogP contribution in [0.5, 0.6) is 5.75 Å². The highest BCUT2D eigenvalue weighted by Crippen LogP contribution is 2.42. The van der Waals surface area contributed by atoms with Gasteiger partial charge < -0.3 is 34.3 Å². The molecule has 16 nitrogen and oxygen atoms in total. The summed E-state index contributed by atoms with van der Waals surface area (Å²) in [5, 5.41) is 16.8. The summed E-state index contributed by atoms with van der Waals surface area (Å²) in [7, 11) is 0.518. The molecule has 4 atom stereocenters. The molecule has 3 aliphatic heterocycles. The van der Waals surface area contributed by atoms with Crippen molar-refractivity contribution < 1.29 is 38.0 Å². The minimum atomic E-state index is -2.76. The summed E-state index contributed by atoms with van der Waals surface area (Å²) in [6, 6.07) is 12.2. The number of hydrogen-bond acceptors (Lipinski definition) is 11. The lowest BCUT2D eigenvalue weighted by Gasteiger charge is -2.38. The first-order chi connectivity index (χ1) is 32.0. The Morgan fingerprint density at radius 1 is 1.06 bits per heavy atom. The number of carbonyl (C=O) groups is 4. The topological polar surface area (TPSA) is 199 Å². The number of hydrogen-bond donors (Lipinski definition) is 4. The summed E-state index contributed by atoms with van der Waals surface area (Å²) in [4.78, 5) is 65.4. The van der Waals surface area contributed by atoms with Gasteiger partial charge in [0.15, 0.2) is 0 Å². The molecule has 2 aromatic carbocycles. The van der Waals surface area contributed by atoms with Crippen LogP contribution in [0.4, 0.5) is 4.79 Å². The van der Waals surface area contributed by atoms with Crippen LogP contribution < -0.4 is 10.7 Å². The number of hydrazine groups is 1. The van der Waals surface area contributed by atoms with E-state index in [0.717, 1.165) is 70.2 Å². The van der Waals surface area contributed by atoms with Crippen LogP contribution in [-0.4, -0.2) is 128 Å². The molecule has 2 saturated heterocycles. The van der Waals surface area contributed by atoms with Gasteiger partial charge >= 0.3 is 12.0 Å². The normalized spacial score (nSPS) is 22.2. The second-order valence-corrected chi connectivity index (χ2v) is 22.1. The molecule has 2 aromatic heterocycles. The molecule has 5 heterocycles. The molecule has 0 spiro atoms. The molecule has 4 N–H and O–H groups in total. The number of rotatable bonds is 8. The fraction of sp³-hybridized carbons (Fsp3) is 0.540. The number of likely N-dealkylation sites (N-methyl/N-ethyl adjacent to an activating group) is 1. The number of carbonyl (C=O) groups excluding carboxylic acids is 4. The zero-order valence-corrected chi connectivity index (χ0v) is 40.5. The summed E-state index contributed by atoms with van der Waals surface area (Å²) >= 11 is 0. The number of phenolic OH excluding ortho intramolecular Hbond substituents is 1. The van der Waals surface area contributed by atoms with E-state index in [0.29, 0.717) is 31.4 Å². The highest BCUT2D eigenvalue weighted by Gasteiger charge is 2.41. The lowest BCUT2D eigenvalue weighted by Crippen LogP contribution is -2.63. The molecule has 17 heteroatoms. The standard InChI is InChI=1S/C50H66N8O8S/c1-7-57-42-17-16-34-28-38(42)39(45(57)37-14-10-18-52-43(37)31(2)65-6)29-50(3,4)30-66-48(62)40-15-11-19-58(54-40)47(61)41(26-32-24-35(34)27-36(59)25-32)53-46(60)44(33-12-8-9-13-33)55(5)49(63)56-20-22-67(51,64)23-21-56/h10,14,16-18,24-25,27-28,31,33,40-41,44,51,54,59H,7-9,11-13,15,19-23,26,29-30H2,1-6H3,(H,53,60)/t31-,40-,41-,44?/m0/s1. The summed E-state index contributed by atoms with van der Waals surface area (Å²) in [5.41, 5.74) is 9.57. The molecule has 0 radical (unpaired) electrons. The molecule has 8 rings (SSSR count). The first kappa shape index (κ1) is 48.0. The molecule has 360 valence electrons. The number of aromatic nitrogens is 2. The summed E-state index contributed by atoms with van der Waals surface area (Å²) < 4.78 is 34.7. The van der Waals surface area contributed by atoms with Crippen molar-refractivity contribution >= 4 is 44.4 Å². The number of urea groups is 1. The number of nitrogens with zero attached hydrogens (tertiary/aromatic N) is 5. The number of phenols is 1. The van der Waals surface area contributed by atoms with E-state index in [4.69, 9.17) is 19.2 Å². The van der Waals surface area contributed by atoms with Crippen molar-refractivity contribution in [1.29, 1.82) is 4.78 Å². The van der Waals surface area contributed by atoms with Crippen molar-refractivity contribution in [3.8, 4) is 28.1 Å². The SMILES string of the molecule is CCn1c(-c2cccnc2[C@H](C)OC)c2c3cc(ccc31)-c1cc(O)cc(c1)C[C@H](NC(=O)C(C1CCCC1)N(C)C(=O)N1CCS(=N)(=O)CC1)C(=O)N1CCC[C@H](N1)C(=O)OCC(C)(C)C2. The van der Waals surface area contributed by atoms with Gasteiger partial charge in [-0.05, 0) is 111 Å². The third-order valence-corrected chi connectivity index (χ3v) is 15.8. The van der Waals surface area contributed by atoms with Crippen LogP contribution in [0.3, 0.4) is 0 Å². The zero-order valence-electron chi connectivity index (χ0n) is 39.6. The van der Waals surface area contributed by atoms with Gasteiger partial charge in [-0.3, -0.25) is 29.2 Å². The summed E-state index contributed by atoms with van der Waals surface area (Å²) in [6.45, 7) is 9.61. The van der Waals surface area contributed by atoms with Gasteiger partial charge in [-0.15, -0.1) is 0 Å². The Morgan fingerprint density at radius 3 is 2.52 bits per heavy atom. The number of cyclic esters (lactones) is 1. The maximum absolute atomic E-state index is 14.8. The van der Waals surface area contributed by atoms with Crippen molar-refractivity contribution in [1.82, 2.24) is 35.1 Å². The molecule has 4 aliphatic rings. The number of esters is 1. The largest absolute Gasteiger partial charge is 0.508 e. The Morgan fingerprint density at radius 2 is 1.81 bits per heavy atom. The van der Waals surface area contributed by atoms with Crippen molar-refractivity contribution in [2.24, 2.45) is 11.3 Å². The number of amides is 4. The Hall–Kier alpha value is -5.52. The van der Waals surface area contributed by atoms with E-state index >= 15 is 0 Å². The minimum Gasteiger partial charge on any atom is -0.508 e. The monoisotopic (exact) mass is 938 g/mol. The van der Waals surface area contributed by atoms with Gasteiger partial charge in [-0.1, -0.05) is 38.8 Å². The lowest BCUT2D eigenvalue weighted by atomic mass is 9.84. The number of nitrogens with one attached hydrogen (secondary N) is 3. The number of benzene rings is 2. The second kappa shape index (κ2) is 19.6. The van der Waals surface area contributed by atoms with Crippen molar-refractivity contribution in [2.75, 3.05) is 51.9 Å².